The van der Waals surface area contributed by atoms with Crippen LogP contribution >= 0.6 is 0 Å². The molecule has 0 unspecified atom stereocenters. The minimum atomic E-state index is -0.186. The molecule has 1 aromatic carbocycles. The van der Waals surface area contributed by atoms with Crippen molar-refractivity contribution < 1.29 is 14.3 Å². The van der Waals surface area contributed by atoms with Crippen LogP contribution in [0.15, 0.2) is 36.5 Å². The van der Waals surface area contributed by atoms with E-state index in [9.17, 15) is 9.59 Å². The highest BCUT2D eigenvalue weighted by Crippen LogP contribution is 2.29. The zero-order valence-electron chi connectivity index (χ0n) is 11.1. The van der Waals surface area contributed by atoms with Gasteiger partial charge < -0.3 is 15.8 Å². The predicted octanol–water partition coefficient (Wildman–Crippen LogP) is 1.42. The Morgan fingerprint density at radius 3 is 3.05 bits per heavy atom. The molecule has 0 bridgehead atoms. The van der Waals surface area contributed by atoms with Crippen LogP contribution < -0.4 is 15.8 Å². The van der Waals surface area contributed by atoms with Crippen LogP contribution in [0.1, 0.15) is 15.9 Å². The van der Waals surface area contributed by atoms with Crippen molar-refractivity contribution in [1.82, 2.24) is 4.98 Å². The second-order valence-electron chi connectivity index (χ2n) is 4.70. The summed E-state index contributed by atoms with van der Waals surface area (Å²) in [5.74, 6) is 0.498. The summed E-state index contributed by atoms with van der Waals surface area (Å²) in [5.41, 5.74) is 7.51. The maximum atomic E-state index is 12.2. The summed E-state index contributed by atoms with van der Waals surface area (Å²) >= 11 is 0. The molecule has 0 atom stereocenters. The lowest BCUT2D eigenvalue weighted by atomic mass is 10.0. The Kier molecular flexibility index (Phi) is 3.27. The maximum absolute atomic E-state index is 12.2. The number of fused-ring (bicyclic) bond motifs is 1. The summed E-state index contributed by atoms with van der Waals surface area (Å²) in [5, 5.41) is 2.70. The fraction of sp³-hybridized carbons (Fsp3) is 0.133. The van der Waals surface area contributed by atoms with E-state index < -0.39 is 0 Å². The molecule has 3 N–H and O–H groups in total. The molecule has 2 aromatic rings. The summed E-state index contributed by atoms with van der Waals surface area (Å²) in [6.45, 7) is -0.0139. The smallest absolute Gasteiger partial charge is 0.262 e. The molecule has 21 heavy (non-hydrogen) atoms. The molecule has 106 valence electrons. The van der Waals surface area contributed by atoms with Gasteiger partial charge in [0.05, 0.1) is 11.3 Å². The van der Waals surface area contributed by atoms with Crippen molar-refractivity contribution in [2.24, 2.45) is 0 Å². The number of nitrogens with one attached hydrogen (secondary N) is 1. The second-order valence-corrected chi connectivity index (χ2v) is 4.70. The van der Waals surface area contributed by atoms with Gasteiger partial charge in [-0.25, -0.2) is 4.98 Å². The third-order valence-corrected chi connectivity index (χ3v) is 3.18. The van der Waals surface area contributed by atoms with Crippen LogP contribution in [0.25, 0.3) is 0 Å². The molecule has 0 fully saturated rings. The molecule has 0 aliphatic carbocycles. The summed E-state index contributed by atoms with van der Waals surface area (Å²) in [6, 6.07) is 8.58. The number of benzene rings is 1. The molecule has 3 rings (SSSR count). The SMILES string of the molecule is Nc1ncccc1C(=O)Cc1ccc2c(c1)OCC(=O)N2. The zero-order chi connectivity index (χ0) is 14.8. The Morgan fingerprint density at radius 2 is 2.24 bits per heavy atom. The van der Waals surface area contributed by atoms with Gasteiger partial charge in [0, 0.05) is 12.6 Å². The van der Waals surface area contributed by atoms with Gasteiger partial charge in [0.25, 0.3) is 5.91 Å². The van der Waals surface area contributed by atoms with Crippen molar-refractivity contribution in [2.75, 3.05) is 17.7 Å². The molecule has 6 nitrogen and oxygen atoms in total. The lowest BCUT2D eigenvalue weighted by Gasteiger charge is -2.18. The number of amides is 1. The number of nitrogens with two attached hydrogens (primary N) is 1. The first-order valence-electron chi connectivity index (χ1n) is 6.43. The van der Waals surface area contributed by atoms with E-state index in [0.717, 1.165) is 5.56 Å². The van der Waals surface area contributed by atoms with E-state index in [0.29, 0.717) is 17.0 Å². The summed E-state index contributed by atoms with van der Waals surface area (Å²) < 4.78 is 5.33. The number of carbonyl (C=O) groups excluding carboxylic acids is 2. The highest BCUT2D eigenvalue weighted by molar-refractivity contribution is 6.01. The van der Waals surface area contributed by atoms with Crippen molar-refractivity contribution in [3.05, 3.63) is 47.7 Å². The molecule has 2 heterocycles. The fourth-order valence-electron chi connectivity index (χ4n) is 2.16. The highest BCUT2D eigenvalue weighted by atomic mass is 16.5. The molecule has 0 spiro atoms. The fourth-order valence-corrected chi connectivity index (χ4v) is 2.16. The largest absolute Gasteiger partial charge is 0.482 e. The molecule has 0 saturated heterocycles. The molecule has 1 amide bonds. The van der Waals surface area contributed by atoms with Gasteiger partial charge in [-0.15, -0.1) is 0 Å². The number of pyridine rings is 1. The van der Waals surface area contributed by atoms with Gasteiger partial charge in [0.2, 0.25) is 0 Å². The van der Waals surface area contributed by atoms with Gasteiger partial charge in [-0.3, -0.25) is 9.59 Å². The number of ether oxygens (including phenoxy) is 1. The second kappa shape index (κ2) is 5.24. The lowest BCUT2D eigenvalue weighted by molar-refractivity contribution is -0.118. The van der Waals surface area contributed by atoms with E-state index in [2.05, 4.69) is 10.3 Å². The monoisotopic (exact) mass is 283 g/mol. The van der Waals surface area contributed by atoms with Gasteiger partial charge in [-0.1, -0.05) is 6.07 Å². The summed E-state index contributed by atoms with van der Waals surface area (Å²) in [6.07, 6.45) is 1.74. The molecule has 1 aromatic heterocycles. The number of hydrogen-bond acceptors (Lipinski definition) is 5. The summed E-state index contributed by atoms with van der Waals surface area (Å²) in [4.78, 5) is 27.3. The quantitative estimate of drug-likeness (QED) is 0.831. The number of carbonyl (C=O) groups is 2. The van der Waals surface area contributed by atoms with E-state index in [1.807, 2.05) is 0 Å². The molecule has 0 radical (unpaired) electrons. The third-order valence-electron chi connectivity index (χ3n) is 3.18. The first-order valence-corrected chi connectivity index (χ1v) is 6.43. The van der Waals surface area contributed by atoms with Gasteiger partial charge in [-0.2, -0.15) is 0 Å². The topological polar surface area (TPSA) is 94.3 Å². The highest BCUT2D eigenvalue weighted by Gasteiger charge is 2.17. The number of anilines is 2. The third kappa shape index (κ3) is 2.69. The number of rotatable bonds is 3. The van der Waals surface area contributed by atoms with E-state index >= 15 is 0 Å². The van der Waals surface area contributed by atoms with Gasteiger partial charge >= 0.3 is 0 Å². The van der Waals surface area contributed by atoms with Crippen LogP contribution in [0, 0.1) is 0 Å². The molecule has 0 saturated carbocycles. The molecule has 1 aliphatic rings. The average molecular weight is 283 g/mol. The van der Waals surface area contributed by atoms with Gasteiger partial charge in [-0.05, 0) is 29.8 Å². The molecule has 1 aliphatic heterocycles. The average Bonchev–Trinajstić information content (AvgIpc) is 2.48. The Labute approximate surface area is 120 Å². The minimum Gasteiger partial charge on any atom is -0.482 e. The van der Waals surface area contributed by atoms with E-state index in [1.54, 1.807) is 36.5 Å². The van der Waals surface area contributed by atoms with Crippen molar-refractivity contribution in [3.8, 4) is 5.75 Å². The van der Waals surface area contributed by atoms with Crippen LogP contribution in [0.2, 0.25) is 0 Å². The van der Waals surface area contributed by atoms with Crippen molar-refractivity contribution in [3.63, 3.8) is 0 Å². The number of nitrogens with zero attached hydrogens (tertiary/aromatic N) is 1. The first-order chi connectivity index (χ1) is 10.1. The molecule has 6 heteroatoms. The number of ketones is 1. The van der Waals surface area contributed by atoms with Crippen LogP contribution in [-0.4, -0.2) is 23.3 Å². The Hall–Kier alpha value is -2.89. The lowest BCUT2D eigenvalue weighted by Crippen LogP contribution is -2.25. The normalized spacial score (nSPS) is 13.0. The van der Waals surface area contributed by atoms with E-state index in [-0.39, 0.29) is 30.5 Å². The number of Topliss-reactive ketones (excluding diaryl/α,β-unsaturated/α-hetero) is 1. The van der Waals surface area contributed by atoms with Crippen molar-refractivity contribution in [2.45, 2.75) is 6.42 Å². The van der Waals surface area contributed by atoms with Crippen LogP contribution in [0.5, 0.6) is 5.75 Å². The Morgan fingerprint density at radius 1 is 1.38 bits per heavy atom. The molecular formula is C15H13N3O3. The van der Waals surface area contributed by atoms with Gasteiger partial charge in [0.1, 0.15) is 11.6 Å². The van der Waals surface area contributed by atoms with Crippen LogP contribution in [-0.2, 0) is 11.2 Å². The van der Waals surface area contributed by atoms with Crippen molar-refractivity contribution >= 4 is 23.2 Å². The number of aromatic nitrogens is 1. The number of hydrogen-bond donors (Lipinski definition) is 2. The van der Waals surface area contributed by atoms with E-state index in [4.69, 9.17) is 10.5 Å². The predicted molar refractivity (Wildman–Crippen MR) is 77.3 cm³/mol. The van der Waals surface area contributed by atoms with Crippen molar-refractivity contribution in [1.29, 1.82) is 0 Å². The maximum Gasteiger partial charge on any atom is 0.262 e. The van der Waals surface area contributed by atoms with Crippen LogP contribution in [0.4, 0.5) is 11.5 Å². The first kappa shape index (κ1) is 13.1. The Bertz CT molecular complexity index is 728. The van der Waals surface area contributed by atoms with Gasteiger partial charge in [0.15, 0.2) is 12.4 Å². The van der Waals surface area contributed by atoms with Crippen LogP contribution in [0.3, 0.4) is 0 Å². The molecular weight excluding hydrogens is 270 g/mol. The Balaban J connectivity index is 1.81. The zero-order valence-corrected chi connectivity index (χ0v) is 11.1. The van der Waals surface area contributed by atoms with E-state index in [1.165, 1.54) is 0 Å². The standard InChI is InChI=1S/C15H13N3O3/c16-15-10(2-1-5-17-15)12(19)6-9-3-4-11-13(7-9)21-8-14(20)18-11/h1-5,7H,6,8H2,(H2,16,17)(H,18,20). The summed E-state index contributed by atoms with van der Waals surface area (Å²) in [7, 11) is 0. The number of nitrogen functional groups attached to an aromatic ring is 1. The minimum absolute atomic E-state index is 0.0139.